The molecule has 0 saturated heterocycles. The van der Waals surface area contributed by atoms with E-state index in [0.717, 1.165) is 22.5 Å². The molecular formula is C13H10ClN3O. The van der Waals surface area contributed by atoms with Crippen LogP contribution in [0.1, 0.15) is 0 Å². The monoisotopic (exact) mass is 259 g/mol. The molecule has 5 heteroatoms. The zero-order chi connectivity index (χ0) is 12.5. The molecule has 0 atom stereocenters. The Labute approximate surface area is 109 Å². The van der Waals surface area contributed by atoms with Crippen LogP contribution in [0.3, 0.4) is 0 Å². The number of methoxy groups -OCH3 is 1. The summed E-state index contributed by atoms with van der Waals surface area (Å²) in [7, 11) is 1.65. The number of hydrogen-bond donors (Lipinski definition) is 0. The van der Waals surface area contributed by atoms with Gasteiger partial charge in [0, 0.05) is 23.7 Å². The van der Waals surface area contributed by atoms with Crippen LogP contribution >= 0.6 is 11.6 Å². The van der Waals surface area contributed by atoms with Crippen LogP contribution in [0.25, 0.3) is 16.7 Å². The second-order valence-corrected chi connectivity index (χ2v) is 4.20. The Morgan fingerprint density at radius 3 is 2.83 bits per heavy atom. The van der Waals surface area contributed by atoms with Crippen molar-refractivity contribution in [3.63, 3.8) is 0 Å². The summed E-state index contributed by atoms with van der Waals surface area (Å²) in [4.78, 5) is 8.09. The van der Waals surface area contributed by atoms with E-state index >= 15 is 0 Å². The Bertz CT molecular complexity index is 708. The fourth-order valence-electron chi connectivity index (χ4n) is 1.89. The van der Waals surface area contributed by atoms with Crippen molar-refractivity contribution in [1.82, 2.24) is 14.5 Å². The first-order valence-corrected chi connectivity index (χ1v) is 5.79. The molecule has 0 unspecified atom stereocenters. The summed E-state index contributed by atoms with van der Waals surface area (Å²) in [5.74, 6) is 1.54. The van der Waals surface area contributed by atoms with Gasteiger partial charge in [-0.05, 0) is 18.2 Å². The van der Waals surface area contributed by atoms with Gasteiger partial charge in [0.15, 0.2) is 0 Å². The highest BCUT2D eigenvalue weighted by molar-refractivity contribution is 6.29. The lowest BCUT2D eigenvalue weighted by atomic mass is 10.2. The van der Waals surface area contributed by atoms with Crippen molar-refractivity contribution in [2.45, 2.75) is 0 Å². The highest BCUT2D eigenvalue weighted by atomic mass is 35.5. The molecule has 1 aromatic carbocycles. The highest BCUT2D eigenvalue weighted by Gasteiger charge is 2.06. The minimum Gasteiger partial charge on any atom is -0.497 e. The number of hydrogen-bond acceptors (Lipinski definition) is 3. The third-order valence-corrected chi connectivity index (χ3v) is 2.97. The Morgan fingerprint density at radius 1 is 1.17 bits per heavy atom. The molecule has 0 saturated carbocycles. The molecular weight excluding hydrogens is 250 g/mol. The summed E-state index contributed by atoms with van der Waals surface area (Å²) in [6.07, 6.45) is 3.40. The van der Waals surface area contributed by atoms with Crippen molar-refractivity contribution < 1.29 is 4.74 Å². The summed E-state index contributed by atoms with van der Waals surface area (Å²) in [6.45, 7) is 0. The van der Waals surface area contributed by atoms with Crippen molar-refractivity contribution in [2.75, 3.05) is 7.11 Å². The van der Waals surface area contributed by atoms with E-state index in [-0.39, 0.29) is 0 Å². The number of halogens is 1. The van der Waals surface area contributed by atoms with Gasteiger partial charge in [0.1, 0.15) is 23.0 Å². The molecule has 0 aliphatic carbocycles. The maximum atomic E-state index is 5.88. The molecule has 2 heterocycles. The topological polar surface area (TPSA) is 39.9 Å². The maximum absolute atomic E-state index is 5.88. The van der Waals surface area contributed by atoms with E-state index in [1.54, 1.807) is 13.2 Å². The summed E-state index contributed by atoms with van der Waals surface area (Å²) in [6, 6.07) is 9.64. The first kappa shape index (κ1) is 11.0. The fraction of sp³-hybridized carbons (Fsp3) is 0.0769. The van der Waals surface area contributed by atoms with E-state index < -0.39 is 0 Å². The lowest BCUT2D eigenvalue weighted by molar-refractivity contribution is 0.415. The van der Waals surface area contributed by atoms with Gasteiger partial charge in [-0.1, -0.05) is 11.6 Å². The quantitative estimate of drug-likeness (QED) is 0.664. The van der Waals surface area contributed by atoms with Gasteiger partial charge in [-0.2, -0.15) is 0 Å². The summed E-state index contributed by atoms with van der Waals surface area (Å²) < 4.78 is 7.18. The summed E-state index contributed by atoms with van der Waals surface area (Å²) in [5.41, 5.74) is 1.02. The molecule has 0 N–H and O–H groups in total. The van der Waals surface area contributed by atoms with Gasteiger partial charge in [0.05, 0.1) is 12.6 Å². The first-order chi connectivity index (χ1) is 8.78. The van der Waals surface area contributed by atoms with Crippen molar-refractivity contribution in [1.29, 1.82) is 0 Å². The van der Waals surface area contributed by atoms with Gasteiger partial charge < -0.3 is 9.30 Å². The van der Waals surface area contributed by atoms with Gasteiger partial charge in [0.2, 0.25) is 0 Å². The zero-order valence-corrected chi connectivity index (χ0v) is 10.4. The van der Waals surface area contributed by atoms with Gasteiger partial charge in [0.25, 0.3) is 0 Å². The summed E-state index contributed by atoms with van der Waals surface area (Å²) in [5, 5.41) is 1.54. The molecule has 4 nitrogen and oxygen atoms in total. The molecule has 0 amide bonds. The van der Waals surface area contributed by atoms with Crippen LogP contribution in [-0.4, -0.2) is 21.6 Å². The Morgan fingerprint density at radius 2 is 2.06 bits per heavy atom. The first-order valence-electron chi connectivity index (χ1n) is 5.41. The van der Waals surface area contributed by atoms with E-state index in [4.69, 9.17) is 16.3 Å². The number of ether oxygens (including phenoxy) is 1. The van der Waals surface area contributed by atoms with Crippen LogP contribution in [-0.2, 0) is 0 Å². The average Bonchev–Trinajstić information content (AvgIpc) is 2.81. The fourth-order valence-corrected chi connectivity index (χ4v) is 2.03. The van der Waals surface area contributed by atoms with Gasteiger partial charge in [-0.3, -0.25) is 0 Å². The van der Waals surface area contributed by atoms with Crippen LogP contribution in [0, 0.1) is 0 Å². The Hall–Kier alpha value is -2.07. The van der Waals surface area contributed by atoms with E-state index in [1.807, 2.05) is 35.0 Å². The number of nitrogens with zero attached hydrogens (tertiary/aromatic N) is 3. The molecule has 18 heavy (non-hydrogen) atoms. The third kappa shape index (κ3) is 1.80. The number of benzene rings is 1. The van der Waals surface area contributed by atoms with Crippen LogP contribution in [0.15, 0.2) is 42.9 Å². The molecule has 2 aromatic heterocycles. The van der Waals surface area contributed by atoms with E-state index in [9.17, 15) is 0 Å². The summed E-state index contributed by atoms with van der Waals surface area (Å²) >= 11 is 5.88. The molecule has 0 spiro atoms. The molecule has 0 bridgehead atoms. The lowest BCUT2D eigenvalue weighted by Gasteiger charge is -2.05. The average molecular weight is 260 g/mol. The normalized spacial score (nSPS) is 10.8. The predicted octanol–water partition coefficient (Wildman–Crippen LogP) is 3.08. The van der Waals surface area contributed by atoms with Crippen molar-refractivity contribution in [3.8, 4) is 11.6 Å². The SMILES string of the molecule is COc1ccc2ccn(-c3cc(Cl)ncn3)c2c1. The maximum Gasteiger partial charge on any atom is 0.142 e. The zero-order valence-electron chi connectivity index (χ0n) is 9.67. The van der Waals surface area contributed by atoms with E-state index in [2.05, 4.69) is 9.97 Å². The second-order valence-electron chi connectivity index (χ2n) is 3.81. The number of fused-ring (bicyclic) bond motifs is 1. The van der Waals surface area contributed by atoms with Crippen molar-refractivity contribution in [3.05, 3.63) is 48.0 Å². The predicted molar refractivity (Wildman–Crippen MR) is 70.4 cm³/mol. The van der Waals surface area contributed by atoms with Gasteiger partial charge in [-0.25, -0.2) is 9.97 Å². The van der Waals surface area contributed by atoms with Crippen LogP contribution in [0.4, 0.5) is 0 Å². The highest BCUT2D eigenvalue weighted by Crippen LogP contribution is 2.24. The molecule has 0 radical (unpaired) electrons. The Balaban J connectivity index is 2.22. The van der Waals surface area contributed by atoms with Crippen LogP contribution in [0.2, 0.25) is 5.15 Å². The second kappa shape index (κ2) is 4.31. The van der Waals surface area contributed by atoms with Crippen LogP contribution < -0.4 is 4.74 Å². The molecule has 0 fully saturated rings. The molecule has 3 aromatic rings. The smallest absolute Gasteiger partial charge is 0.142 e. The molecule has 0 aliphatic rings. The number of rotatable bonds is 2. The van der Waals surface area contributed by atoms with E-state index in [1.165, 1.54) is 6.33 Å². The standard InChI is InChI=1S/C13H10ClN3O/c1-18-10-3-2-9-4-5-17(11(9)6-10)13-7-12(14)15-8-16-13/h2-8H,1H3. The minimum absolute atomic E-state index is 0.421. The van der Waals surface area contributed by atoms with Gasteiger partial charge in [-0.15, -0.1) is 0 Å². The van der Waals surface area contributed by atoms with E-state index in [0.29, 0.717) is 5.15 Å². The Kier molecular flexibility index (Phi) is 2.64. The van der Waals surface area contributed by atoms with Gasteiger partial charge >= 0.3 is 0 Å². The van der Waals surface area contributed by atoms with Crippen LogP contribution in [0.5, 0.6) is 5.75 Å². The molecule has 3 rings (SSSR count). The lowest BCUT2D eigenvalue weighted by Crippen LogP contribution is -1.96. The minimum atomic E-state index is 0.421. The van der Waals surface area contributed by atoms with Crippen molar-refractivity contribution in [2.24, 2.45) is 0 Å². The number of aromatic nitrogens is 3. The largest absolute Gasteiger partial charge is 0.497 e. The molecule has 90 valence electrons. The molecule has 0 aliphatic heterocycles. The van der Waals surface area contributed by atoms with Crippen molar-refractivity contribution >= 4 is 22.5 Å². The third-order valence-electron chi connectivity index (χ3n) is 2.77.